The SMILES string of the molecule is Cc1cc(F)c(CC(C)CC(=O)N2CCNCC2)cc1C. The molecule has 1 fully saturated rings. The largest absolute Gasteiger partial charge is 0.340 e. The molecule has 1 aromatic rings. The summed E-state index contributed by atoms with van der Waals surface area (Å²) >= 11 is 0. The van der Waals surface area contributed by atoms with Crippen LogP contribution >= 0.6 is 0 Å². The molecule has 1 atom stereocenters. The highest BCUT2D eigenvalue weighted by Gasteiger charge is 2.19. The van der Waals surface area contributed by atoms with E-state index in [0.29, 0.717) is 12.8 Å². The molecule has 0 bridgehead atoms. The fourth-order valence-electron chi connectivity index (χ4n) is 2.79. The second-order valence-electron chi connectivity index (χ2n) is 6.17. The molecule has 1 aliphatic rings. The highest BCUT2D eigenvalue weighted by Crippen LogP contribution is 2.20. The van der Waals surface area contributed by atoms with Crippen LogP contribution in [-0.4, -0.2) is 37.0 Å². The fraction of sp³-hybridized carbons (Fsp3) is 0.588. The van der Waals surface area contributed by atoms with E-state index in [4.69, 9.17) is 0 Å². The van der Waals surface area contributed by atoms with Crippen molar-refractivity contribution in [1.82, 2.24) is 10.2 Å². The van der Waals surface area contributed by atoms with Crippen molar-refractivity contribution in [3.8, 4) is 0 Å². The zero-order chi connectivity index (χ0) is 15.4. The van der Waals surface area contributed by atoms with Crippen molar-refractivity contribution in [3.63, 3.8) is 0 Å². The summed E-state index contributed by atoms with van der Waals surface area (Å²) in [7, 11) is 0. The number of aryl methyl sites for hydroxylation is 2. The Kier molecular flexibility index (Phi) is 5.34. The van der Waals surface area contributed by atoms with Gasteiger partial charge in [-0.25, -0.2) is 4.39 Å². The van der Waals surface area contributed by atoms with Gasteiger partial charge < -0.3 is 10.2 Å². The van der Waals surface area contributed by atoms with Gasteiger partial charge in [-0.15, -0.1) is 0 Å². The van der Waals surface area contributed by atoms with Crippen LogP contribution in [-0.2, 0) is 11.2 Å². The molecule has 0 aromatic heterocycles. The van der Waals surface area contributed by atoms with Crippen molar-refractivity contribution in [2.24, 2.45) is 5.92 Å². The lowest BCUT2D eigenvalue weighted by molar-refractivity contribution is -0.132. The van der Waals surface area contributed by atoms with Crippen LogP contribution in [0, 0.1) is 25.6 Å². The Morgan fingerprint density at radius 1 is 1.29 bits per heavy atom. The first-order valence-electron chi connectivity index (χ1n) is 7.71. The van der Waals surface area contributed by atoms with E-state index in [1.807, 2.05) is 31.7 Å². The molecule has 1 saturated heterocycles. The minimum atomic E-state index is -0.153. The zero-order valence-corrected chi connectivity index (χ0v) is 13.2. The number of halogens is 1. The number of carbonyl (C=O) groups excluding carboxylic acids is 1. The van der Waals surface area contributed by atoms with Gasteiger partial charge in [0, 0.05) is 32.6 Å². The normalized spacial score (nSPS) is 16.9. The van der Waals surface area contributed by atoms with Crippen molar-refractivity contribution in [1.29, 1.82) is 0 Å². The zero-order valence-electron chi connectivity index (χ0n) is 13.2. The van der Waals surface area contributed by atoms with Crippen molar-refractivity contribution >= 4 is 5.91 Å². The average Bonchev–Trinajstić information content (AvgIpc) is 2.45. The van der Waals surface area contributed by atoms with E-state index < -0.39 is 0 Å². The quantitative estimate of drug-likeness (QED) is 0.924. The first kappa shape index (κ1) is 16.0. The van der Waals surface area contributed by atoms with E-state index in [1.165, 1.54) is 0 Å². The maximum atomic E-state index is 14.0. The van der Waals surface area contributed by atoms with Crippen LogP contribution in [0.5, 0.6) is 0 Å². The summed E-state index contributed by atoms with van der Waals surface area (Å²) in [5.74, 6) is 0.191. The number of rotatable bonds is 4. The third-order valence-electron chi connectivity index (χ3n) is 4.22. The number of carbonyl (C=O) groups is 1. The molecule has 2 rings (SSSR count). The van der Waals surface area contributed by atoms with Crippen LogP contribution < -0.4 is 5.32 Å². The molecule has 3 nitrogen and oxygen atoms in total. The Morgan fingerprint density at radius 2 is 1.90 bits per heavy atom. The van der Waals surface area contributed by atoms with Crippen LogP contribution in [0.1, 0.15) is 30.0 Å². The second-order valence-corrected chi connectivity index (χ2v) is 6.17. The molecule has 1 unspecified atom stereocenters. The van der Waals surface area contributed by atoms with Crippen LogP contribution in [0.15, 0.2) is 12.1 Å². The number of nitrogens with one attached hydrogen (secondary N) is 1. The molecule has 1 amide bonds. The number of hydrogen-bond acceptors (Lipinski definition) is 2. The third kappa shape index (κ3) is 4.27. The van der Waals surface area contributed by atoms with Crippen LogP contribution in [0.25, 0.3) is 0 Å². The lowest BCUT2D eigenvalue weighted by Crippen LogP contribution is -2.46. The van der Waals surface area contributed by atoms with Crippen LogP contribution in [0.4, 0.5) is 4.39 Å². The Bertz CT molecular complexity index is 510. The van der Waals surface area contributed by atoms with Gasteiger partial charge in [0.15, 0.2) is 0 Å². The van der Waals surface area contributed by atoms with Gasteiger partial charge in [0.2, 0.25) is 5.91 Å². The Labute approximate surface area is 126 Å². The molecular formula is C17H25FN2O. The molecular weight excluding hydrogens is 267 g/mol. The molecule has 0 saturated carbocycles. The summed E-state index contributed by atoms with van der Waals surface area (Å²) < 4.78 is 14.0. The molecule has 1 aliphatic heterocycles. The van der Waals surface area contributed by atoms with Crippen molar-refractivity contribution in [2.45, 2.75) is 33.6 Å². The lowest BCUT2D eigenvalue weighted by atomic mass is 9.94. The summed E-state index contributed by atoms with van der Waals surface area (Å²) in [5, 5.41) is 3.24. The molecule has 0 aliphatic carbocycles. The number of benzene rings is 1. The first-order valence-corrected chi connectivity index (χ1v) is 7.71. The van der Waals surface area contributed by atoms with E-state index in [2.05, 4.69) is 5.32 Å². The van der Waals surface area contributed by atoms with Gasteiger partial charge in [0.25, 0.3) is 0 Å². The molecule has 1 aromatic carbocycles. The highest BCUT2D eigenvalue weighted by molar-refractivity contribution is 5.76. The van der Waals surface area contributed by atoms with E-state index in [9.17, 15) is 9.18 Å². The van der Waals surface area contributed by atoms with Gasteiger partial charge in [0.1, 0.15) is 5.82 Å². The number of piperazine rings is 1. The van der Waals surface area contributed by atoms with E-state index in [1.54, 1.807) is 6.07 Å². The maximum absolute atomic E-state index is 14.0. The summed E-state index contributed by atoms with van der Waals surface area (Å²) in [6.45, 7) is 9.23. The minimum absolute atomic E-state index is 0.153. The smallest absolute Gasteiger partial charge is 0.222 e. The van der Waals surface area contributed by atoms with Crippen molar-refractivity contribution in [2.75, 3.05) is 26.2 Å². The van der Waals surface area contributed by atoms with Crippen molar-refractivity contribution in [3.05, 3.63) is 34.6 Å². The molecule has 1 N–H and O–H groups in total. The predicted octanol–water partition coefficient (Wildman–Crippen LogP) is 2.44. The maximum Gasteiger partial charge on any atom is 0.222 e. The second kappa shape index (κ2) is 7.03. The average molecular weight is 292 g/mol. The molecule has 4 heteroatoms. The fourth-order valence-corrected chi connectivity index (χ4v) is 2.79. The van der Waals surface area contributed by atoms with Crippen LogP contribution in [0.3, 0.4) is 0 Å². The van der Waals surface area contributed by atoms with E-state index >= 15 is 0 Å². The van der Waals surface area contributed by atoms with E-state index in [-0.39, 0.29) is 17.6 Å². The van der Waals surface area contributed by atoms with Gasteiger partial charge >= 0.3 is 0 Å². The number of nitrogens with zero attached hydrogens (tertiary/aromatic N) is 1. The standard InChI is InChI=1S/C17H25FN2O/c1-12(9-17(21)20-6-4-19-5-7-20)8-15-10-13(2)14(3)11-16(15)18/h10-12,19H,4-9H2,1-3H3. The van der Waals surface area contributed by atoms with Gasteiger partial charge in [-0.05, 0) is 48.9 Å². The van der Waals surface area contributed by atoms with Gasteiger partial charge in [0.05, 0.1) is 0 Å². The molecule has 21 heavy (non-hydrogen) atoms. The number of amides is 1. The molecule has 116 valence electrons. The Morgan fingerprint density at radius 3 is 2.57 bits per heavy atom. The first-order chi connectivity index (χ1) is 9.97. The highest BCUT2D eigenvalue weighted by atomic mass is 19.1. The van der Waals surface area contributed by atoms with Crippen LogP contribution in [0.2, 0.25) is 0 Å². The van der Waals surface area contributed by atoms with Gasteiger partial charge in [-0.3, -0.25) is 4.79 Å². The predicted molar refractivity (Wildman–Crippen MR) is 82.8 cm³/mol. The number of hydrogen-bond donors (Lipinski definition) is 1. The Hall–Kier alpha value is -1.42. The van der Waals surface area contributed by atoms with E-state index in [0.717, 1.165) is 42.9 Å². The summed E-state index contributed by atoms with van der Waals surface area (Å²) in [5.41, 5.74) is 2.80. The third-order valence-corrected chi connectivity index (χ3v) is 4.22. The summed E-state index contributed by atoms with van der Waals surface area (Å²) in [6, 6.07) is 3.51. The summed E-state index contributed by atoms with van der Waals surface area (Å²) in [6.07, 6.45) is 1.11. The lowest BCUT2D eigenvalue weighted by Gasteiger charge is -2.28. The van der Waals surface area contributed by atoms with Gasteiger partial charge in [-0.1, -0.05) is 13.0 Å². The molecule has 0 spiro atoms. The van der Waals surface area contributed by atoms with Gasteiger partial charge in [-0.2, -0.15) is 0 Å². The molecule has 0 radical (unpaired) electrons. The van der Waals surface area contributed by atoms with Crippen molar-refractivity contribution < 1.29 is 9.18 Å². The summed E-state index contributed by atoms with van der Waals surface area (Å²) in [4.78, 5) is 14.1. The monoisotopic (exact) mass is 292 g/mol. The topological polar surface area (TPSA) is 32.3 Å². The minimum Gasteiger partial charge on any atom is -0.340 e. The molecule has 1 heterocycles. The Balaban J connectivity index is 1.93.